The summed E-state index contributed by atoms with van der Waals surface area (Å²) in [7, 11) is 3.30. The first-order valence-electron chi connectivity index (χ1n) is 7.27. The lowest BCUT2D eigenvalue weighted by Gasteiger charge is -2.26. The molecule has 1 saturated carbocycles. The minimum Gasteiger partial charge on any atom is -0.303 e. The molecular formula is C16H25NOS. The van der Waals surface area contributed by atoms with E-state index in [0.717, 1.165) is 17.7 Å². The second-order valence-corrected chi connectivity index (χ2v) is 7.44. The van der Waals surface area contributed by atoms with Crippen molar-refractivity contribution in [3.8, 4) is 0 Å². The number of rotatable bonds is 4. The minimum absolute atomic E-state index is 0.309. The first kappa shape index (κ1) is 14.7. The molecule has 0 saturated heterocycles. The molecule has 2 nitrogen and oxygen atoms in total. The van der Waals surface area contributed by atoms with Crippen molar-refractivity contribution in [3.05, 3.63) is 29.8 Å². The van der Waals surface area contributed by atoms with Crippen LogP contribution in [0, 0.1) is 0 Å². The number of nitrogens with zero attached hydrogens (tertiary/aromatic N) is 1. The van der Waals surface area contributed by atoms with Crippen LogP contribution in [0.4, 0.5) is 0 Å². The number of hydrogen-bond donors (Lipinski definition) is 0. The van der Waals surface area contributed by atoms with Gasteiger partial charge in [-0.3, -0.25) is 4.21 Å². The smallest absolute Gasteiger partial charge is 0.0564 e. The average molecular weight is 279 g/mol. The average Bonchev–Trinajstić information content (AvgIpc) is 2.46. The molecule has 1 fully saturated rings. The van der Waals surface area contributed by atoms with Gasteiger partial charge in [-0.25, -0.2) is 0 Å². The Balaban J connectivity index is 2.25. The molecule has 0 aromatic heterocycles. The van der Waals surface area contributed by atoms with Gasteiger partial charge in [0.1, 0.15) is 0 Å². The second kappa shape index (κ2) is 6.67. The number of hydrogen-bond acceptors (Lipinski definition) is 2. The highest BCUT2D eigenvalue weighted by molar-refractivity contribution is 7.85. The predicted molar refractivity (Wildman–Crippen MR) is 81.8 cm³/mol. The van der Waals surface area contributed by atoms with Crippen LogP contribution in [0.25, 0.3) is 0 Å². The van der Waals surface area contributed by atoms with Gasteiger partial charge in [0.15, 0.2) is 0 Å². The standard InChI is InChI=1S/C16H25NOS/c1-13(17(2)3)15-11-7-8-12-16(15)19(18)14-9-5-4-6-10-14/h7-8,11-14H,4-6,9-10H2,1-3H3/t13-,19?/m1/s1. The summed E-state index contributed by atoms with van der Waals surface area (Å²) in [5.41, 5.74) is 1.22. The van der Waals surface area contributed by atoms with E-state index in [1.165, 1.54) is 24.8 Å². The van der Waals surface area contributed by atoms with E-state index in [-0.39, 0.29) is 0 Å². The van der Waals surface area contributed by atoms with Crippen molar-refractivity contribution < 1.29 is 4.21 Å². The molecule has 1 unspecified atom stereocenters. The normalized spacial score (nSPS) is 20.4. The van der Waals surface area contributed by atoms with Gasteiger partial charge in [-0.1, -0.05) is 37.5 Å². The molecule has 0 N–H and O–H groups in total. The molecule has 0 amide bonds. The first-order valence-corrected chi connectivity index (χ1v) is 8.48. The first-order chi connectivity index (χ1) is 9.11. The Labute approximate surface area is 119 Å². The molecule has 0 bridgehead atoms. The van der Waals surface area contributed by atoms with Crippen LogP contribution in [0.5, 0.6) is 0 Å². The second-order valence-electron chi connectivity index (χ2n) is 5.73. The van der Waals surface area contributed by atoms with Crippen molar-refractivity contribution in [1.29, 1.82) is 0 Å². The lowest BCUT2D eigenvalue weighted by atomic mass is 10.0. The third-order valence-electron chi connectivity index (χ3n) is 4.22. The Morgan fingerprint density at radius 3 is 2.42 bits per heavy atom. The highest BCUT2D eigenvalue weighted by Crippen LogP contribution is 2.30. The van der Waals surface area contributed by atoms with E-state index in [1.807, 2.05) is 6.07 Å². The molecule has 0 heterocycles. The van der Waals surface area contributed by atoms with Gasteiger partial charge < -0.3 is 4.90 Å². The van der Waals surface area contributed by atoms with Crippen LogP contribution in [-0.4, -0.2) is 28.5 Å². The summed E-state index contributed by atoms with van der Waals surface area (Å²) < 4.78 is 12.8. The molecule has 3 heteroatoms. The van der Waals surface area contributed by atoms with E-state index in [2.05, 4.69) is 44.1 Å². The van der Waals surface area contributed by atoms with Gasteiger partial charge in [0.25, 0.3) is 0 Å². The Bertz CT molecular complexity index is 438. The monoisotopic (exact) mass is 279 g/mol. The van der Waals surface area contributed by atoms with Gasteiger partial charge >= 0.3 is 0 Å². The van der Waals surface area contributed by atoms with E-state index < -0.39 is 10.8 Å². The molecule has 19 heavy (non-hydrogen) atoms. The van der Waals surface area contributed by atoms with E-state index in [0.29, 0.717) is 11.3 Å². The van der Waals surface area contributed by atoms with Crippen LogP contribution in [0.1, 0.15) is 50.6 Å². The third-order valence-corrected chi connectivity index (χ3v) is 6.10. The lowest BCUT2D eigenvalue weighted by molar-refractivity contribution is 0.317. The largest absolute Gasteiger partial charge is 0.303 e. The fourth-order valence-electron chi connectivity index (χ4n) is 2.75. The summed E-state index contributed by atoms with van der Waals surface area (Å²) in [6, 6.07) is 8.56. The Morgan fingerprint density at radius 1 is 1.16 bits per heavy atom. The molecule has 0 radical (unpaired) electrons. The fraction of sp³-hybridized carbons (Fsp3) is 0.625. The van der Waals surface area contributed by atoms with Crippen LogP contribution in [0.3, 0.4) is 0 Å². The van der Waals surface area contributed by atoms with Crippen molar-refractivity contribution in [3.63, 3.8) is 0 Å². The van der Waals surface area contributed by atoms with Crippen LogP contribution >= 0.6 is 0 Å². The fourth-order valence-corrected chi connectivity index (χ4v) is 4.55. The zero-order chi connectivity index (χ0) is 13.8. The molecule has 0 spiro atoms. The van der Waals surface area contributed by atoms with Crippen LogP contribution in [0.2, 0.25) is 0 Å². The van der Waals surface area contributed by atoms with Gasteiger partial charge in [0.05, 0.1) is 10.8 Å². The molecule has 2 atom stereocenters. The zero-order valence-corrected chi connectivity index (χ0v) is 13.1. The quantitative estimate of drug-likeness (QED) is 0.836. The highest BCUT2D eigenvalue weighted by Gasteiger charge is 2.24. The van der Waals surface area contributed by atoms with Crippen molar-refractivity contribution in [2.24, 2.45) is 0 Å². The van der Waals surface area contributed by atoms with Crippen LogP contribution in [0.15, 0.2) is 29.2 Å². The molecular weight excluding hydrogens is 254 g/mol. The molecule has 1 aliphatic carbocycles. The van der Waals surface area contributed by atoms with Gasteiger partial charge in [-0.2, -0.15) is 0 Å². The Morgan fingerprint density at radius 2 is 1.79 bits per heavy atom. The predicted octanol–water partition coefficient (Wildman–Crippen LogP) is 3.75. The van der Waals surface area contributed by atoms with Crippen molar-refractivity contribution in [2.45, 2.75) is 55.2 Å². The van der Waals surface area contributed by atoms with E-state index in [4.69, 9.17) is 0 Å². The Hall–Kier alpha value is -0.670. The van der Waals surface area contributed by atoms with Crippen molar-refractivity contribution in [1.82, 2.24) is 4.90 Å². The molecule has 1 aliphatic rings. The topological polar surface area (TPSA) is 20.3 Å². The summed E-state index contributed by atoms with van der Waals surface area (Å²) in [6.45, 7) is 2.18. The molecule has 0 aliphatic heterocycles. The van der Waals surface area contributed by atoms with E-state index >= 15 is 0 Å². The van der Waals surface area contributed by atoms with Gasteiger partial charge in [-0.05, 0) is 45.5 Å². The summed E-state index contributed by atoms with van der Waals surface area (Å²) in [4.78, 5) is 3.23. The van der Waals surface area contributed by atoms with Gasteiger partial charge in [0, 0.05) is 16.2 Å². The van der Waals surface area contributed by atoms with E-state index in [9.17, 15) is 4.21 Å². The molecule has 1 aromatic carbocycles. The maximum atomic E-state index is 12.8. The maximum Gasteiger partial charge on any atom is 0.0564 e. The van der Waals surface area contributed by atoms with Gasteiger partial charge in [0.2, 0.25) is 0 Å². The van der Waals surface area contributed by atoms with Crippen molar-refractivity contribution in [2.75, 3.05) is 14.1 Å². The lowest BCUT2D eigenvalue weighted by Crippen LogP contribution is -2.22. The highest BCUT2D eigenvalue weighted by atomic mass is 32.2. The molecule has 1 aromatic rings. The van der Waals surface area contributed by atoms with Crippen molar-refractivity contribution >= 4 is 10.8 Å². The zero-order valence-electron chi connectivity index (χ0n) is 12.3. The van der Waals surface area contributed by atoms with E-state index in [1.54, 1.807) is 0 Å². The third kappa shape index (κ3) is 3.46. The summed E-state index contributed by atoms with van der Waals surface area (Å²) in [6.07, 6.45) is 6.03. The van der Waals surface area contributed by atoms with Gasteiger partial charge in [-0.15, -0.1) is 0 Å². The summed E-state index contributed by atoms with van der Waals surface area (Å²) >= 11 is 0. The molecule has 106 valence electrons. The molecule has 2 rings (SSSR count). The minimum atomic E-state index is -0.845. The van der Waals surface area contributed by atoms with Crippen LogP contribution < -0.4 is 0 Å². The summed E-state index contributed by atoms with van der Waals surface area (Å²) in [5, 5.41) is 0.365. The summed E-state index contributed by atoms with van der Waals surface area (Å²) in [5.74, 6) is 0. The number of benzene rings is 1. The Kier molecular flexibility index (Phi) is 5.17. The SMILES string of the molecule is C[C@H](c1ccccc1S(=O)C1CCCCC1)N(C)C. The van der Waals surface area contributed by atoms with Crippen LogP contribution in [-0.2, 0) is 10.8 Å². The maximum absolute atomic E-state index is 12.8.